The Labute approximate surface area is 140 Å². The standard InChI is InChI=1S/C17H21N3O4/c1-10(16(22)19-8-13-14(9-19)17(13,2)3)18-15(21)11-5-4-6-12(7-11)20(23)24/h4-7,10,13-14H,8-9H2,1-3H3,(H,18,21)/t10-,13+,14+/m0/s1. The van der Waals surface area contributed by atoms with Gasteiger partial charge in [-0.15, -0.1) is 0 Å². The molecule has 1 aromatic carbocycles. The van der Waals surface area contributed by atoms with Gasteiger partial charge in [0.15, 0.2) is 0 Å². The van der Waals surface area contributed by atoms with E-state index in [4.69, 9.17) is 0 Å². The summed E-state index contributed by atoms with van der Waals surface area (Å²) in [7, 11) is 0. The van der Waals surface area contributed by atoms with E-state index < -0.39 is 16.9 Å². The Hall–Kier alpha value is -2.44. The molecule has 24 heavy (non-hydrogen) atoms. The first-order valence-corrected chi connectivity index (χ1v) is 8.06. The largest absolute Gasteiger partial charge is 0.341 e. The summed E-state index contributed by atoms with van der Waals surface area (Å²) in [5, 5.41) is 13.4. The number of rotatable bonds is 4. The van der Waals surface area contributed by atoms with Crippen LogP contribution in [-0.2, 0) is 4.79 Å². The number of piperidine rings is 1. The van der Waals surface area contributed by atoms with Gasteiger partial charge in [-0.1, -0.05) is 19.9 Å². The fourth-order valence-corrected chi connectivity index (χ4v) is 3.69. The van der Waals surface area contributed by atoms with Gasteiger partial charge in [0.25, 0.3) is 11.6 Å². The van der Waals surface area contributed by atoms with Crippen LogP contribution in [0.15, 0.2) is 24.3 Å². The number of carbonyl (C=O) groups excluding carboxylic acids is 2. The van der Waals surface area contributed by atoms with Crippen molar-refractivity contribution in [2.24, 2.45) is 17.3 Å². The maximum absolute atomic E-state index is 12.5. The van der Waals surface area contributed by atoms with Crippen LogP contribution in [0.25, 0.3) is 0 Å². The quantitative estimate of drug-likeness (QED) is 0.673. The van der Waals surface area contributed by atoms with E-state index >= 15 is 0 Å². The molecule has 3 atom stereocenters. The minimum atomic E-state index is -0.655. The van der Waals surface area contributed by atoms with Crippen molar-refractivity contribution in [3.8, 4) is 0 Å². The van der Waals surface area contributed by atoms with Gasteiger partial charge in [0, 0.05) is 30.8 Å². The zero-order valence-corrected chi connectivity index (χ0v) is 14.0. The highest BCUT2D eigenvalue weighted by atomic mass is 16.6. The summed E-state index contributed by atoms with van der Waals surface area (Å²) in [5.74, 6) is 0.531. The molecule has 3 rings (SSSR count). The van der Waals surface area contributed by atoms with Crippen LogP contribution >= 0.6 is 0 Å². The smallest absolute Gasteiger partial charge is 0.270 e. The molecule has 0 unspecified atom stereocenters. The van der Waals surface area contributed by atoms with Crippen LogP contribution in [0, 0.1) is 27.4 Å². The Morgan fingerprint density at radius 1 is 1.33 bits per heavy atom. The van der Waals surface area contributed by atoms with E-state index in [-0.39, 0.29) is 17.2 Å². The number of likely N-dealkylation sites (tertiary alicyclic amines) is 1. The predicted molar refractivity (Wildman–Crippen MR) is 87.4 cm³/mol. The first-order chi connectivity index (χ1) is 11.2. The molecule has 0 radical (unpaired) electrons. The van der Waals surface area contributed by atoms with Crippen molar-refractivity contribution in [3.63, 3.8) is 0 Å². The normalized spacial score (nSPS) is 24.9. The van der Waals surface area contributed by atoms with Crippen LogP contribution < -0.4 is 5.32 Å². The summed E-state index contributed by atoms with van der Waals surface area (Å²) in [6.45, 7) is 7.57. The lowest BCUT2D eigenvalue weighted by Gasteiger charge is -2.25. The van der Waals surface area contributed by atoms with Gasteiger partial charge < -0.3 is 10.2 Å². The maximum Gasteiger partial charge on any atom is 0.270 e. The summed E-state index contributed by atoms with van der Waals surface area (Å²) in [4.78, 5) is 36.7. The van der Waals surface area contributed by atoms with Crippen molar-refractivity contribution >= 4 is 17.5 Å². The lowest BCUT2D eigenvalue weighted by molar-refractivity contribution is -0.384. The number of nitro groups is 1. The fraction of sp³-hybridized carbons (Fsp3) is 0.529. The molecule has 1 saturated heterocycles. The van der Waals surface area contributed by atoms with Gasteiger partial charge in [-0.25, -0.2) is 0 Å². The second-order valence-corrected chi connectivity index (χ2v) is 7.28. The Bertz CT molecular complexity index is 702. The third-order valence-corrected chi connectivity index (χ3v) is 5.47. The van der Waals surface area contributed by atoms with E-state index in [2.05, 4.69) is 19.2 Å². The number of hydrogen-bond acceptors (Lipinski definition) is 4. The van der Waals surface area contributed by atoms with Crippen LogP contribution in [-0.4, -0.2) is 40.8 Å². The third kappa shape index (κ3) is 2.74. The average Bonchev–Trinajstić information content (AvgIpc) is 2.92. The van der Waals surface area contributed by atoms with E-state index in [0.29, 0.717) is 17.3 Å². The monoisotopic (exact) mass is 331 g/mol. The third-order valence-electron chi connectivity index (χ3n) is 5.47. The number of carbonyl (C=O) groups is 2. The van der Waals surface area contributed by atoms with Crippen LogP contribution in [0.1, 0.15) is 31.1 Å². The molecule has 1 aliphatic heterocycles. The highest BCUT2D eigenvalue weighted by Crippen LogP contribution is 2.61. The molecule has 1 saturated carbocycles. The Balaban J connectivity index is 1.59. The van der Waals surface area contributed by atoms with Gasteiger partial charge in [-0.05, 0) is 30.2 Å². The maximum atomic E-state index is 12.5. The lowest BCUT2D eigenvalue weighted by atomic mass is 10.1. The van der Waals surface area contributed by atoms with Crippen molar-refractivity contribution < 1.29 is 14.5 Å². The number of non-ortho nitro benzene ring substituents is 1. The zero-order chi connectivity index (χ0) is 17.6. The molecule has 2 aliphatic rings. The van der Waals surface area contributed by atoms with E-state index in [1.54, 1.807) is 11.8 Å². The molecule has 0 bridgehead atoms. The molecule has 1 aliphatic carbocycles. The summed E-state index contributed by atoms with van der Waals surface area (Å²) in [6, 6.07) is 4.82. The first-order valence-electron chi connectivity index (χ1n) is 8.06. The number of nitrogens with one attached hydrogen (secondary N) is 1. The van der Waals surface area contributed by atoms with Crippen molar-refractivity contribution in [2.75, 3.05) is 13.1 Å². The van der Waals surface area contributed by atoms with Crippen molar-refractivity contribution in [1.29, 1.82) is 0 Å². The van der Waals surface area contributed by atoms with E-state index in [1.807, 2.05) is 0 Å². The van der Waals surface area contributed by atoms with Gasteiger partial charge in [0.05, 0.1) is 4.92 Å². The fourth-order valence-electron chi connectivity index (χ4n) is 3.69. The Kier molecular flexibility index (Phi) is 3.81. The summed E-state index contributed by atoms with van der Waals surface area (Å²) >= 11 is 0. The first kappa shape index (κ1) is 16.4. The van der Waals surface area contributed by atoms with Crippen LogP contribution in [0.4, 0.5) is 5.69 Å². The van der Waals surface area contributed by atoms with Gasteiger partial charge in [0.1, 0.15) is 6.04 Å². The highest BCUT2D eigenvalue weighted by Gasteiger charge is 2.62. The Morgan fingerprint density at radius 3 is 2.54 bits per heavy atom. The number of hydrogen-bond donors (Lipinski definition) is 1. The number of nitrogens with zero attached hydrogens (tertiary/aromatic N) is 2. The highest BCUT2D eigenvalue weighted by molar-refractivity contribution is 5.97. The predicted octanol–water partition coefficient (Wildman–Crippen LogP) is 1.83. The molecular formula is C17H21N3O4. The van der Waals surface area contributed by atoms with E-state index in [0.717, 1.165) is 13.1 Å². The second-order valence-electron chi connectivity index (χ2n) is 7.28. The molecule has 7 nitrogen and oxygen atoms in total. The van der Waals surface area contributed by atoms with Crippen LogP contribution in [0.2, 0.25) is 0 Å². The van der Waals surface area contributed by atoms with Gasteiger partial charge in [-0.2, -0.15) is 0 Å². The number of benzene rings is 1. The van der Waals surface area contributed by atoms with Gasteiger partial charge >= 0.3 is 0 Å². The SMILES string of the molecule is C[C@H](NC(=O)c1cccc([N+](=O)[O-])c1)C(=O)N1C[C@@H]2[C@@H](C1)C2(C)C. The minimum absolute atomic E-state index is 0.100. The van der Waals surface area contributed by atoms with Crippen LogP contribution in [0.3, 0.4) is 0 Å². The van der Waals surface area contributed by atoms with Gasteiger partial charge in [0.2, 0.25) is 5.91 Å². The Morgan fingerprint density at radius 2 is 1.96 bits per heavy atom. The summed E-state index contributed by atoms with van der Waals surface area (Å²) < 4.78 is 0. The molecule has 2 fully saturated rings. The number of fused-ring (bicyclic) bond motifs is 1. The lowest BCUT2D eigenvalue weighted by Crippen LogP contribution is -2.47. The topological polar surface area (TPSA) is 92.5 Å². The molecule has 1 N–H and O–H groups in total. The minimum Gasteiger partial charge on any atom is -0.341 e. The molecule has 0 aromatic heterocycles. The molecule has 128 valence electrons. The zero-order valence-electron chi connectivity index (χ0n) is 14.0. The van der Waals surface area contributed by atoms with E-state index in [9.17, 15) is 19.7 Å². The second kappa shape index (κ2) is 5.58. The number of nitro benzene ring substituents is 1. The summed E-state index contributed by atoms with van der Waals surface area (Å²) in [5.41, 5.74) is 0.351. The number of amides is 2. The summed E-state index contributed by atoms with van der Waals surface area (Å²) in [6.07, 6.45) is 0. The average molecular weight is 331 g/mol. The molecular weight excluding hydrogens is 310 g/mol. The van der Waals surface area contributed by atoms with Crippen molar-refractivity contribution in [1.82, 2.24) is 10.2 Å². The van der Waals surface area contributed by atoms with Gasteiger partial charge in [-0.3, -0.25) is 19.7 Å². The van der Waals surface area contributed by atoms with Crippen molar-refractivity contribution in [2.45, 2.75) is 26.8 Å². The van der Waals surface area contributed by atoms with E-state index in [1.165, 1.54) is 24.3 Å². The van der Waals surface area contributed by atoms with Crippen molar-refractivity contribution in [3.05, 3.63) is 39.9 Å². The van der Waals surface area contributed by atoms with Crippen LogP contribution in [0.5, 0.6) is 0 Å². The molecule has 0 spiro atoms. The molecule has 7 heteroatoms. The molecule has 1 heterocycles. The molecule has 2 amide bonds. The molecule has 1 aromatic rings.